The monoisotopic (exact) mass is 203 g/mol. The second kappa shape index (κ2) is 4.55. The second-order valence-electron chi connectivity index (χ2n) is 3.01. The Morgan fingerprint density at radius 3 is 2.69 bits per heavy atom. The molecule has 0 spiro atoms. The van der Waals surface area contributed by atoms with E-state index in [1.807, 2.05) is 24.4 Å². The quantitative estimate of drug-likeness (QED) is 0.589. The molecular weight excluding hydrogens is 190 g/mol. The predicted octanol–water partition coefficient (Wildman–Crippen LogP) is -1.11. The first-order valence-electron chi connectivity index (χ1n) is 4.19. The molecule has 0 aromatic heterocycles. The molecule has 0 aromatic carbocycles. The van der Waals surface area contributed by atoms with Gasteiger partial charge in [0.15, 0.2) is 0 Å². The van der Waals surface area contributed by atoms with E-state index in [0.29, 0.717) is 13.0 Å². The number of hydrogen-bond acceptors (Lipinski definition) is 3. The van der Waals surface area contributed by atoms with Gasteiger partial charge in [0.05, 0.1) is 22.9 Å². The van der Waals surface area contributed by atoms with Crippen LogP contribution in [-0.2, 0) is 10.1 Å². The normalized spacial score (nSPS) is 22.1. The third-order valence-corrected chi connectivity index (χ3v) is 2.64. The number of rotatable bonds is 4. The highest BCUT2D eigenvalue weighted by atomic mass is 32.2. The molecule has 0 amide bonds. The first kappa shape index (κ1) is 10.4. The predicted molar refractivity (Wildman–Crippen MR) is 48.2 cm³/mol. The van der Waals surface area contributed by atoms with Gasteiger partial charge in [0.25, 0.3) is 0 Å². The van der Waals surface area contributed by atoms with Crippen LogP contribution in [0, 0.1) is 0 Å². The molecule has 74 valence electrons. The van der Waals surface area contributed by atoms with Crippen molar-refractivity contribution in [1.29, 1.82) is 0 Å². The zero-order valence-corrected chi connectivity index (χ0v) is 8.09. The van der Waals surface area contributed by atoms with Crippen molar-refractivity contribution in [3.8, 4) is 0 Å². The lowest BCUT2D eigenvalue weighted by Gasteiger charge is -2.15. The van der Waals surface area contributed by atoms with Gasteiger partial charge in [0.1, 0.15) is 6.54 Å². The van der Waals surface area contributed by atoms with E-state index in [-0.39, 0.29) is 5.75 Å². The maximum atomic E-state index is 10.3. The van der Waals surface area contributed by atoms with Crippen molar-refractivity contribution < 1.29 is 17.9 Å². The molecule has 1 atom stereocenters. The van der Waals surface area contributed by atoms with Crippen LogP contribution in [0.25, 0.3) is 0 Å². The Kier molecular flexibility index (Phi) is 3.65. The van der Waals surface area contributed by atoms with Crippen LogP contribution in [0.1, 0.15) is 6.42 Å². The van der Waals surface area contributed by atoms with E-state index in [4.69, 9.17) is 0 Å². The van der Waals surface area contributed by atoms with E-state index in [0.717, 1.165) is 6.54 Å². The van der Waals surface area contributed by atoms with Gasteiger partial charge in [-0.15, -0.1) is 0 Å². The SMILES string of the molecule is O=S(=O)([O-])CCC[NH+]1C=CC=CC1. The molecule has 0 aliphatic carbocycles. The number of allylic oxidation sites excluding steroid dienone is 2. The second-order valence-corrected chi connectivity index (χ2v) is 4.54. The summed E-state index contributed by atoms with van der Waals surface area (Å²) < 4.78 is 30.8. The molecule has 1 unspecified atom stereocenters. The largest absolute Gasteiger partial charge is 0.748 e. The summed E-state index contributed by atoms with van der Waals surface area (Å²) in [6.07, 6.45) is 8.29. The van der Waals surface area contributed by atoms with E-state index in [1.54, 1.807) is 0 Å². The molecule has 1 aliphatic heterocycles. The molecule has 0 bridgehead atoms. The molecule has 0 saturated heterocycles. The first-order chi connectivity index (χ1) is 6.08. The van der Waals surface area contributed by atoms with Gasteiger partial charge in [0, 0.05) is 12.2 Å². The van der Waals surface area contributed by atoms with Crippen molar-refractivity contribution >= 4 is 10.1 Å². The van der Waals surface area contributed by atoms with Gasteiger partial charge in [-0.25, -0.2) is 8.42 Å². The highest BCUT2D eigenvalue weighted by molar-refractivity contribution is 7.85. The molecule has 1 N–H and O–H groups in total. The van der Waals surface area contributed by atoms with Gasteiger partial charge in [-0.2, -0.15) is 0 Å². The molecular formula is C8H13NO3S. The smallest absolute Gasteiger partial charge is 0.100 e. The molecule has 0 saturated carbocycles. The summed E-state index contributed by atoms with van der Waals surface area (Å²) in [5, 5.41) is 0. The van der Waals surface area contributed by atoms with Crippen molar-refractivity contribution in [3.05, 3.63) is 24.4 Å². The van der Waals surface area contributed by atoms with Crippen molar-refractivity contribution in [2.45, 2.75) is 6.42 Å². The highest BCUT2D eigenvalue weighted by Gasteiger charge is 2.05. The van der Waals surface area contributed by atoms with Crippen molar-refractivity contribution in [2.75, 3.05) is 18.8 Å². The van der Waals surface area contributed by atoms with Gasteiger partial charge in [-0.1, -0.05) is 6.08 Å². The first-order valence-corrected chi connectivity index (χ1v) is 5.77. The summed E-state index contributed by atoms with van der Waals surface area (Å²) >= 11 is 0. The lowest BCUT2D eigenvalue weighted by molar-refractivity contribution is -0.841. The standard InChI is InChI=1S/C8H13NO3S/c10-13(11,12)8-4-7-9-5-2-1-3-6-9/h1-3,5H,4,6-8H2,(H,10,11,12). The summed E-state index contributed by atoms with van der Waals surface area (Å²) in [5.74, 6) is -0.256. The summed E-state index contributed by atoms with van der Waals surface area (Å²) in [5.41, 5.74) is 0. The summed E-state index contributed by atoms with van der Waals surface area (Å²) in [6, 6.07) is 0. The number of quaternary nitrogens is 1. The van der Waals surface area contributed by atoms with Crippen LogP contribution in [0.15, 0.2) is 24.4 Å². The fourth-order valence-electron chi connectivity index (χ4n) is 1.22. The highest BCUT2D eigenvalue weighted by Crippen LogP contribution is 1.85. The minimum Gasteiger partial charge on any atom is -0.748 e. The Balaban J connectivity index is 2.20. The van der Waals surface area contributed by atoms with E-state index in [1.165, 1.54) is 4.90 Å². The average molecular weight is 203 g/mol. The summed E-state index contributed by atoms with van der Waals surface area (Å²) in [6.45, 7) is 1.57. The van der Waals surface area contributed by atoms with Crippen LogP contribution in [0.3, 0.4) is 0 Å². The molecule has 1 aliphatic rings. The van der Waals surface area contributed by atoms with Gasteiger partial charge >= 0.3 is 0 Å². The Morgan fingerprint density at radius 1 is 1.38 bits per heavy atom. The molecule has 13 heavy (non-hydrogen) atoms. The maximum absolute atomic E-state index is 10.3. The third-order valence-electron chi connectivity index (χ3n) is 1.85. The van der Waals surface area contributed by atoms with E-state index >= 15 is 0 Å². The topological polar surface area (TPSA) is 61.6 Å². The lowest BCUT2D eigenvalue weighted by atomic mass is 10.3. The fourth-order valence-corrected chi connectivity index (χ4v) is 1.72. The third kappa shape index (κ3) is 4.82. The van der Waals surface area contributed by atoms with Crippen LogP contribution in [0.4, 0.5) is 0 Å². The van der Waals surface area contributed by atoms with Gasteiger partial charge in [0.2, 0.25) is 0 Å². The molecule has 5 heteroatoms. The Morgan fingerprint density at radius 2 is 2.15 bits per heavy atom. The minimum atomic E-state index is -4.03. The Labute approximate surface area is 78.3 Å². The molecule has 0 radical (unpaired) electrons. The van der Waals surface area contributed by atoms with E-state index in [9.17, 15) is 13.0 Å². The van der Waals surface area contributed by atoms with Gasteiger partial charge < -0.3 is 9.45 Å². The Bertz CT molecular complexity index is 305. The van der Waals surface area contributed by atoms with Crippen LogP contribution in [-0.4, -0.2) is 31.8 Å². The average Bonchev–Trinajstić information content (AvgIpc) is 2.04. The Hall–Kier alpha value is -0.650. The molecule has 4 nitrogen and oxygen atoms in total. The molecule has 0 fully saturated rings. The zero-order chi connectivity index (χ0) is 9.73. The van der Waals surface area contributed by atoms with Crippen molar-refractivity contribution in [1.82, 2.24) is 0 Å². The van der Waals surface area contributed by atoms with Gasteiger partial charge in [-0.3, -0.25) is 0 Å². The van der Waals surface area contributed by atoms with E-state index < -0.39 is 10.1 Å². The number of hydrogen-bond donors (Lipinski definition) is 1. The minimum absolute atomic E-state index is 0.256. The van der Waals surface area contributed by atoms with Crippen LogP contribution >= 0.6 is 0 Å². The zero-order valence-electron chi connectivity index (χ0n) is 7.27. The maximum Gasteiger partial charge on any atom is 0.100 e. The molecule has 1 heterocycles. The molecule has 0 aromatic rings. The molecule has 1 rings (SSSR count). The van der Waals surface area contributed by atoms with Crippen molar-refractivity contribution in [2.24, 2.45) is 0 Å². The fraction of sp³-hybridized carbons (Fsp3) is 0.500. The van der Waals surface area contributed by atoms with E-state index in [2.05, 4.69) is 0 Å². The van der Waals surface area contributed by atoms with Crippen LogP contribution in [0.2, 0.25) is 0 Å². The lowest BCUT2D eigenvalue weighted by Crippen LogP contribution is -3.07. The summed E-state index contributed by atoms with van der Waals surface area (Å²) in [7, 11) is -4.03. The van der Waals surface area contributed by atoms with Gasteiger partial charge in [-0.05, 0) is 12.2 Å². The van der Waals surface area contributed by atoms with Crippen LogP contribution < -0.4 is 4.90 Å². The van der Waals surface area contributed by atoms with Crippen molar-refractivity contribution in [3.63, 3.8) is 0 Å². The summed E-state index contributed by atoms with van der Waals surface area (Å²) in [4.78, 5) is 1.19. The van der Waals surface area contributed by atoms with Crippen LogP contribution in [0.5, 0.6) is 0 Å². The number of nitrogens with one attached hydrogen (secondary N) is 1.